The lowest BCUT2D eigenvalue weighted by molar-refractivity contribution is 0.318. The molecule has 0 atom stereocenters. The molecule has 3 N–H and O–H groups in total. The molecular weight excluding hydrogens is 260 g/mol. The van der Waals surface area contributed by atoms with Crippen LogP contribution in [0.15, 0.2) is 34.6 Å². The topological polar surface area (TPSA) is 76.4 Å². The molecule has 0 aliphatic carbocycles. The predicted octanol–water partition coefficient (Wildman–Crippen LogP) is 2.31. The van der Waals surface area contributed by atoms with E-state index in [0.717, 1.165) is 27.5 Å². The molecule has 1 aromatic heterocycles. The Bertz CT molecular complexity index is 634. The van der Waals surface area contributed by atoms with Crippen LogP contribution in [-0.2, 0) is 0 Å². The standard InChI is InChI=1S/C13H16N4OS/c1-8-9(2)17(7-15-8)10-5-4-6-11(19-3)12(10)13(14)16-18/h4-7,18H,1-3H3,(H2,14,16). The molecule has 2 rings (SSSR count). The van der Waals surface area contributed by atoms with Crippen molar-refractivity contribution in [2.24, 2.45) is 10.9 Å². The van der Waals surface area contributed by atoms with Crippen LogP contribution >= 0.6 is 11.8 Å². The van der Waals surface area contributed by atoms with Gasteiger partial charge in [-0.25, -0.2) is 4.98 Å². The number of benzene rings is 1. The fourth-order valence-electron chi connectivity index (χ4n) is 1.94. The van der Waals surface area contributed by atoms with E-state index in [1.54, 1.807) is 18.1 Å². The molecule has 0 fully saturated rings. The minimum atomic E-state index is 0.103. The summed E-state index contributed by atoms with van der Waals surface area (Å²) in [5.74, 6) is 0.103. The highest BCUT2D eigenvalue weighted by molar-refractivity contribution is 7.98. The van der Waals surface area contributed by atoms with Crippen molar-refractivity contribution in [3.05, 3.63) is 41.5 Å². The van der Waals surface area contributed by atoms with E-state index in [0.29, 0.717) is 0 Å². The van der Waals surface area contributed by atoms with E-state index in [9.17, 15) is 0 Å². The molecule has 0 aliphatic heterocycles. The number of oxime groups is 1. The summed E-state index contributed by atoms with van der Waals surface area (Å²) in [6.45, 7) is 3.94. The second kappa shape index (κ2) is 5.36. The van der Waals surface area contributed by atoms with Gasteiger partial charge in [-0.2, -0.15) is 0 Å². The van der Waals surface area contributed by atoms with E-state index < -0.39 is 0 Å². The first-order valence-electron chi connectivity index (χ1n) is 5.76. The zero-order valence-electron chi connectivity index (χ0n) is 11.1. The maximum Gasteiger partial charge on any atom is 0.173 e. The molecular formula is C13H16N4OS. The fourth-order valence-corrected chi connectivity index (χ4v) is 2.57. The van der Waals surface area contributed by atoms with Crippen LogP contribution in [0.5, 0.6) is 0 Å². The maximum atomic E-state index is 8.98. The van der Waals surface area contributed by atoms with Crippen molar-refractivity contribution in [1.29, 1.82) is 0 Å². The minimum Gasteiger partial charge on any atom is -0.409 e. The number of imidazole rings is 1. The minimum absolute atomic E-state index is 0.103. The lowest BCUT2D eigenvalue weighted by Gasteiger charge is -2.14. The third kappa shape index (κ3) is 2.31. The number of rotatable bonds is 3. The van der Waals surface area contributed by atoms with Gasteiger partial charge < -0.3 is 15.5 Å². The van der Waals surface area contributed by atoms with E-state index in [2.05, 4.69) is 10.1 Å². The number of nitrogens with zero attached hydrogens (tertiary/aromatic N) is 3. The number of amidine groups is 1. The number of hydrogen-bond acceptors (Lipinski definition) is 4. The van der Waals surface area contributed by atoms with Crippen LogP contribution in [0.2, 0.25) is 0 Å². The second-order valence-corrected chi connectivity index (χ2v) is 4.97. The average Bonchev–Trinajstić information content (AvgIpc) is 2.77. The Morgan fingerprint density at radius 3 is 2.68 bits per heavy atom. The average molecular weight is 276 g/mol. The number of hydrogen-bond donors (Lipinski definition) is 2. The Balaban J connectivity index is 2.73. The lowest BCUT2D eigenvalue weighted by Crippen LogP contribution is -2.17. The van der Waals surface area contributed by atoms with Crippen molar-refractivity contribution in [3.8, 4) is 5.69 Å². The molecule has 0 amide bonds. The van der Waals surface area contributed by atoms with Crippen LogP contribution in [0.1, 0.15) is 17.0 Å². The third-order valence-corrected chi connectivity index (χ3v) is 3.88. The van der Waals surface area contributed by atoms with Crippen molar-refractivity contribution >= 4 is 17.6 Å². The van der Waals surface area contributed by atoms with Gasteiger partial charge in [-0.1, -0.05) is 11.2 Å². The normalized spacial score (nSPS) is 11.8. The highest BCUT2D eigenvalue weighted by Gasteiger charge is 2.15. The van der Waals surface area contributed by atoms with Crippen LogP contribution in [0.4, 0.5) is 0 Å². The van der Waals surface area contributed by atoms with E-state index in [-0.39, 0.29) is 5.84 Å². The summed E-state index contributed by atoms with van der Waals surface area (Å²) in [6.07, 6.45) is 3.71. The van der Waals surface area contributed by atoms with Gasteiger partial charge in [-0.15, -0.1) is 11.8 Å². The van der Waals surface area contributed by atoms with Crippen molar-refractivity contribution in [2.75, 3.05) is 6.26 Å². The fraction of sp³-hybridized carbons (Fsp3) is 0.231. The van der Waals surface area contributed by atoms with Gasteiger partial charge in [-0.3, -0.25) is 0 Å². The SMILES string of the molecule is CSc1cccc(-n2cnc(C)c2C)c1/C(N)=N/O. The summed E-state index contributed by atoms with van der Waals surface area (Å²) >= 11 is 1.55. The molecule has 6 heteroatoms. The van der Waals surface area contributed by atoms with Gasteiger partial charge in [0.25, 0.3) is 0 Å². The van der Waals surface area contributed by atoms with Gasteiger partial charge in [0.15, 0.2) is 5.84 Å². The molecule has 0 saturated carbocycles. The lowest BCUT2D eigenvalue weighted by atomic mass is 10.1. The summed E-state index contributed by atoms with van der Waals surface area (Å²) in [5, 5.41) is 12.1. The Morgan fingerprint density at radius 2 is 2.16 bits per heavy atom. The summed E-state index contributed by atoms with van der Waals surface area (Å²) < 4.78 is 1.95. The van der Waals surface area contributed by atoms with E-state index in [1.165, 1.54) is 0 Å². The van der Waals surface area contributed by atoms with Crippen LogP contribution in [-0.4, -0.2) is 26.8 Å². The smallest absolute Gasteiger partial charge is 0.173 e. The first-order chi connectivity index (χ1) is 9.10. The van der Waals surface area contributed by atoms with Crippen LogP contribution in [0, 0.1) is 13.8 Å². The Morgan fingerprint density at radius 1 is 1.42 bits per heavy atom. The van der Waals surface area contributed by atoms with Crippen LogP contribution < -0.4 is 5.73 Å². The molecule has 0 saturated heterocycles. The molecule has 0 bridgehead atoms. The van der Waals surface area contributed by atoms with Gasteiger partial charge in [0.2, 0.25) is 0 Å². The zero-order chi connectivity index (χ0) is 14.0. The third-order valence-electron chi connectivity index (χ3n) is 3.10. The Kier molecular flexibility index (Phi) is 3.80. The molecule has 0 spiro atoms. The highest BCUT2D eigenvalue weighted by Crippen LogP contribution is 2.27. The summed E-state index contributed by atoms with van der Waals surface area (Å²) in [6, 6.07) is 5.83. The first-order valence-corrected chi connectivity index (χ1v) is 6.98. The van der Waals surface area contributed by atoms with Crippen molar-refractivity contribution < 1.29 is 5.21 Å². The largest absolute Gasteiger partial charge is 0.409 e. The van der Waals surface area contributed by atoms with Gasteiger partial charge in [0, 0.05) is 10.6 Å². The Hall–Kier alpha value is -1.95. The Labute approximate surface area is 116 Å². The number of aromatic nitrogens is 2. The zero-order valence-corrected chi connectivity index (χ0v) is 11.9. The quantitative estimate of drug-likeness (QED) is 0.296. The molecule has 100 valence electrons. The molecule has 5 nitrogen and oxygen atoms in total. The van der Waals surface area contributed by atoms with Gasteiger partial charge in [0.1, 0.15) is 0 Å². The monoisotopic (exact) mass is 276 g/mol. The molecule has 0 unspecified atom stereocenters. The molecule has 1 heterocycles. The summed E-state index contributed by atoms with van der Waals surface area (Å²) in [4.78, 5) is 5.24. The number of thioether (sulfide) groups is 1. The van der Waals surface area contributed by atoms with E-state index in [1.807, 2.05) is 42.9 Å². The summed E-state index contributed by atoms with van der Waals surface area (Å²) in [5.41, 5.74) is 9.39. The summed E-state index contributed by atoms with van der Waals surface area (Å²) in [7, 11) is 0. The molecule has 1 aromatic carbocycles. The number of nitrogens with two attached hydrogens (primary N) is 1. The van der Waals surface area contributed by atoms with Crippen molar-refractivity contribution in [3.63, 3.8) is 0 Å². The maximum absolute atomic E-state index is 8.98. The van der Waals surface area contributed by atoms with Crippen molar-refractivity contribution in [1.82, 2.24) is 9.55 Å². The van der Waals surface area contributed by atoms with Gasteiger partial charge in [-0.05, 0) is 32.2 Å². The van der Waals surface area contributed by atoms with Gasteiger partial charge in [0.05, 0.1) is 23.3 Å². The predicted molar refractivity (Wildman–Crippen MR) is 77.3 cm³/mol. The number of aryl methyl sites for hydroxylation is 1. The molecule has 2 aromatic rings. The second-order valence-electron chi connectivity index (χ2n) is 4.13. The van der Waals surface area contributed by atoms with E-state index in [4.69, 9.17) is 10.9 Å². The van der Waals surface area contributed by atoms with E-state index >= 15 is 0 Å². The van der Waals surface area contributed by atoms with Crippen molar-refractivity contribution in [2.45, 2.75) is 18.7 Å². The van der Waals surface area contributed by atoms with Crippen LogP contribution in [0.3, 0.4) is 0 Å². The van der Waals surface area contributed by atoms with Crippen LogP contribution in [0.25, 0.3) is 5.69 Å². The first kappa shape index (κ1) is 13.5. The molecule has 0 aliphatic rings. The molecule has 0 radical (unpaired) electrons. The van der Waals surface area contributed by atoms with Gasteiger partial charge >= 0.3 is 0 Å². The molecule has 19 heavy (non-hydrogen) atoms. The highest BCUT2D eigenvalue weighted by atomic mass is 32.2.